The molecule has 0 amide bonds. The number of H-pyrrole nitrogens is 1. The van der Waals surface area contributed by atoms with Crippen molar-refractivity contribution in [2.75, 3.05) is 36.0 Å². The first-order chi connectivity index (χ1) is 13.7. The summed E-state index contributed by atoms with van der Waals surface area (Å²) in [7, 11) is 0. The van der Waals surface area contributed by atoms with Crippen molar-refractivity contribution in [1.29, 1.82) is 0 Å². The third-order valence-electron chi connectivity index (χ3n) is 5.07. The molecule has 1 saturated heterocycles. The largest absolute Gasteiger partial charge is 0.368 e. The number of nitro groups is 1. The van der Waals surface area contributed by atoms with Gasteiger partial charge in [-0.1, -0.05) is 0 Å². The van der Waals surface area contributed by atoms with Crippen LogP contribution in [0.2, 0.25) is 0 Å². The molecule has 1 aliphatic rings. The Labute approximate surface area is 166 Å². The number of nitro benzene ring substituents is 1. The maximum atomic E-state index is 12.5. The SMILES string of the molecule is CC(C)(C)n1ncc2c(=O)[nH]c(N3CCN(c4ccc([N+](=O)[O-])cc4)CC3)nc21. The number of aromatic nitrogens is 4. The zero-order chi connectivity index (χ0) is 20.8. The van der Waals surface area contributed by atoms with Crippen molar-refractivity contribution in [3.63, 3.8) is 0 Å². The molecule has 3 aromatic rings. The molecule has 0 atom stereocenters. The molecule has 1 aliphatic heterocycles. The van der Waals surface area contributed by atoms with Gasteiger partial charge in [0.05, 0.1) is 16.7 Å². The Bertz CT molecular complexity index is 1100. The Hall–Kier alpha value is -3.43. The van der Waals surface area contributed by atoms with Crippen LogP contribution in [-0.2, 0) is 5.54 Å². The summed E-state index contributed by atoms with van der Waals surface area (Å²) in [4.78, 5) is 34.7. The summed E-state index contributed by atoms with van der Waals surface area (Å²) in [6.07, 6.45) is 1.56. The normalized spacial score (nSPS) is 15.1. The fourth-order valence-corrected chi connectivity index (χ4v) is 3.51. The molecule has 0 aliphatic carbocycles. The number of piperazine rings is 1. The Morgan fingerprint density at radius 1 is 1.07 bits per heavy atom. The topological polar surface area (TPSA) is 113 Å². The van der Waals surface area contributed by atoms with Crippen LogP contribution >= 0.6 is 0 Å². The van der Waals surface area contributed by atoms with E-state index < -0.39 is 4.92 Å². The number of aromatic amines is 1. The molecule has 0 saturated carbocycles. The fourth-order valence-electron chi connectivity index (χ4n) is 3.51. The van der Waals surface area contributed by atoms with Crippen LogP contribution in [0.4, 0.5) is 17.3 Å². The lowest BCUT2D eigenvalue weighted by molar-refractivity contribution is -0.384. The lowest BCUT2D eigenvalue weighted by Crippen LogP contribution is -2.47. The van der Waals surface area contributed by atoms with Gasteiger partial charge in [0.25, 0.3) is 11.2 Å². The highest BCUT2D eigenvalue weighted by molar-refractivity contribution is 5.74. The molecular weight excluding hydrogens is 374 g/mol. The minimum atomic E-state index is -0.401. The van der Waals surface area contributed by atoms with Crippen LogP contribution in [-0.4, -0.2) is 50.9 Å². The lowest BCUT2D eigenvalue weighted by atomic mass is 10.1. The van der Waals surface area contributed by atoms with E-state index in [2.05, 4.69) is 15.0 Å². The van der Waals surface area contributed by atoms with E-state index in [1.807, 2.05) is 25.7 Å². The van der Waals surface area contributed by atoms with Crippen molar-refractivity contribution >= 4 is 28.4 Å². The number of hydrogen-bond acceptors (Lipinski definition) is 7. The molecule has 2 aromatic heterocycles. The maximum absolute atomic E-state index is 12.5. The average Bonchev–Trinajstić information content (AvgIpc) is 3.13. The number of benzene rings is 1. The number of non-ortho nitro benzene ring substituents is 1. The molecule has 0 bridgehead atoms. The predicted octanol–water partition coefficient (Wildman–Crippen LogP) is 2.11. The number of rotatable bonds is 3. The van der Waals surface area contributed by atoms with Crippen molar-refractivity contribution in [1.82, 2.24) is 19.7 Å². The van der Waals surface area contributed by atoms with Crippen LogP contribution in [0.3, 0.4) is 0 Å². The molecule has 10 nitrogen and oxygen atoms in total. The molecule has 0 spiro atoms. The highest BCUT2D eigenvalue weighted by atomic mass is 16.6. The summed E-state index contributed by atoms with van der Waals surface area (Å²) < 4.78 is 1.77. The second kappa shape index (κ2) is 6.87. The number of nitrogens with one attached hydrogen (secondary N) is 1. The molecule has 1 N–H and O–H groups in total. The lowest BCUT2D eigenvalue weighted by Gasteiger charge is -2.36. The minimum Gasteiger partial charge on any atom is -0.368 e. The molecule has 4 rings (SSSR count). The molecule has 10 heteroatoms. The standard InChI is InChI=1S/C19H23N7O3/c1-19(2,3)25-16-15(12-20-25)17(27)22-18(21-16)24-10-8-23(9-11-24)13-4-6-14(7-5-13)26(28)29/h4-7,12H,8-11H2,1-3H3,(H,21,22,27). The van der Waals surface area contributed by atoms with E-state index in [0.717, 1.165) is 18.8 Å². The second-order valence-electron chi connectivity index (χ2n) is 8.10. The number of nitrogens with zero attached hydrogens (tertiary/aromatic N) is 6. The van der Waals surface area contributed by atoms with Crippen molar-refractivity contribution in [2.45, 2.75) is 26.3 Å². The van der Waals surface area contributed by atoms with E-state index in [9.17, 15) is 14.9 Å². The van der Waals surface area contributed by atoms with E-state index in [-0.39, 0.29) is 16.8 Å². The van der Waals surface area contributed by atoms with E-state index in [4.69, 9.17) is 4.98 Å². The summed E-state index contributed by atoms with van der Waals surface area (Å²) in [6, 6.07) is 6.56. The summed E-state index contributed by atoms with van der Waals surface area (Å²) >= 11 is 0. The van der Waals surface area contributed by atoms with E-state index >= 15 is 0 Å². The van der Waals surface area contributed by atoms with Gasteiger partial charge in [0.2, 0.25) is 5.95 Å². The van der Waals surface area contributed by atoms with E-state index in [1.165, 1.54) is 12.1 Å². The van der Waals surface area contributed by atoms with Crippen LogP contribution in [0.25, 0.3) is 11.0 Å². The zero-order valence-corrected chi connectivity index (χ0v) is 16.6. The van der Waals surface area contributed by atoms with Gasteiger partial charge in [0, 0.05) is 44.0 Å². The highest BCUT2D eigenvalue weighted by Gasteiger charge is 2.23. The number of hydrogen-bond donors (Lipinski definition) is 1. The molecule has 0 radical (unpaired) electrons. The number of fused-ring (bicyclic) bond motifs is 1. The van der Waals surface area contributed by atoms with Gasteiger partial charge in [-0.05, 0) is 32.9 Å². The molecule has 29 heavy (non-hydrogen) atoms. The van der Waals surface area contributed by atoms with Crippen LogP contribution in [0.1, 0.15) is 20.8 Å². The Balaban J connectivity index is 1.54. The highest BCUT2D eigenvalue weighted by Crippen LogP contribution is 2.23. The summed E-state index contributed by atoms with van der Waals surface area (Å²) in [5.41, 5.74) is 1.12. The van der Waals surface area contributed by atoms with Crippen molar-refractivity contribution < 1.29 is 4.92 Å². The van der Waals surface area contributed by atoms with Gasteiger partial charge in [0.15, 0.2) is 5.65 Å². The Kier molecular flexibility index (Phi) is 4.48. The van der Waals surface area contributed by atoms with Gasteiger partial charge in [-0.15, -0.1) is 0 Å². The van der Waals surface area contributed by atoms with Crippen molar-refractivity contribution in [3.05, 3.63) is 50.9 Å². The fraction of sp³-hybridized carbons (Fsp3) is 0.421. The Morgan fingerprint density at radius 2 is 1.69 bits per heavy atom. The van der Waals surface area contributed by atoms with Crippen molar-refractivity contribution in [2.24, 2.45) is 0 Å². The molecule has 0 unspecified atom stereocenters. The van der Waals surface area contributed by atoms with Crippen molar-refractivity contribution in [3.8, 4) is 0 Å². The molecule has 1 aromatic carbocycles. The first-order valence-electron chi connectivity index (χ1n) is 9.47. The van der Waals surface area contributed by atoms with Gasteiger partial charge in [-0.3, -0.25) is 19.9 Å². The molecule has 3 heterocycles. The first kappa shape index (κ1) is 18.9. The summed E-state index contributed by atoms with van der Waals surface area (Å²) in [5, 5.41) is 15.6. The first-order valence-corrected chi connectivity index (χ1v) is 9.47. The zero-order valence-electron chi connectivity index (χ0n) is 16.6. The number of anilines is 2. The van der Waals surface area contributed by atoms with Gasteiger partial charge in [-0.25, -0.2) is 4.68 Å². The van der Waals surface area contributed by atoms with Gasteiger partial charge in [-0.2, -0.15) is 10.1 Å². The van der Waals surface area contributed by atoms with E-state index in [1.54, 1.807) is 23.0 Å². The molecule has 152 valence electrons. The van der Waals surface area contributed by atoms with Crippen LogP contribution < -0.4 is 15.4 Å². The van der Waals surface area contributed by atoms with Gasteiger partial charge < -0.3 is 9.80 Å². The quantitative estimate of drug-likeness (QED) is 0.532. The monoisotopic (exact) mass is 397 g/mol. The third-order valence-corrected chi connectivity index (χ3v) is 5.07. The molecular formula is C19H23N7O3. The Morgan fingerprint density at radius 3 is 2.28 bits per heavy atom. The maximum Gasteiger partial charge on any atom is 0.269 e. The van der Waals surface area contributed by atoms with Gasteiger partial charge >= 0.3 is 0 Å². The van der Waals surface area contributed by atoms with Gasteiger partial charge in [0.1, 0.15) is 5.39 Å². The summed E-state index contributed by atoms with van der Waals surface area (Å²) in [6.45, 7) is 8.85. The van der Waals surface area contributed by atoms with Crippen LogP contribution in [0.5, 0.6) is 0 Å². The van der Waals surface area contributed by atoms with E-state index in [0.29, 0.717) is 30.1 Å². The van der Waals surface area contributed by atoms with Crippen LogP contribution in [0.15, 0.2) is 35.3 Å². The third kappa shape index (κ3) is 3.53. The summed E-state index contributed by atoms with van der Waals surface area (Å²) in [5.74, 6) is 0.539. The molecule has 1 fully saturated rings. The smallest absolute Gasteiger partial charge is 0.269 e. The predicted molar refractivity (Wildman–Crippen MR) is 111 cm³/mol. The van der Waals surface area contributed by atoms with Crippen LogP contribution in [0, 0.1) is 10.1 Å². The second-order valence-corrected chi connectivity index (χ2v) is 8.10. The minimum absolute atomic E-state index is 0.0814. The average molecular weight is 397 g/mol.